The van der Waals surface area contributed by atoms with Crippen LogP contribution in [0.25, 0.3) is 10.9 Å². The predicted molar refractivity (Wildman–Crippen MR) is 102 cm³/mol. The molecule has 3 aromatic rings. The first-order chi connectivity index (χ1) is 12.0. The highest BCUT2D eigenvalue weighted by Gasteiger charge is 2.22. The molecule has 2 N–H and O–H groups in total. The molecule has 6 nitrogen and oxygen atoms in total. The first kappa shape index (κ1) is 17.6. The number of thiazole rings is 1. The van der Waals surface area contributed by atoms with Crippen molar-refractivity contribution in [2.24, 2.45) is 5.92 Å². The standard InChI is InChI=1S/C17H18ClN5OS/c1-10(2)7-14(16(24)23-17-19-5-6-25-17)22-15-12-4-3-11(18)8-13(12)20-9-21-15/h3-6,8-10,14H,7H2,1-2H3,(H,19,23,24)(H,20,21,22). The molecule has 0 radical (unpaired) electrons. The molecule has 1 unspecified atom stereocenters. The number of nitrogens with zero attached hydrogens (tertiary/aromatic N) is 3. The molecule has 1 aromatic carbocycles. The molecule has 1 atom stereocenters. The summed E-state index contributed by atoms with van der Waals surface area (Å²) in [5.74, 6) is 0.813. The van der Waals surface area contributed by atoms with Gasteiger partial charge in [0.15, 0.2) is 5.13 Å². The lowest BCUT2D eigenvalue weighted by Crippen LogP contribution is -2.36. The molecule has 2 aromatic heterocycles. The maximum atomic E-state index is 12.7. The molecule has 0 aliphatic carbocycles. The van der Waals surface area contributed by atoms with Crippen LogP contribution in [-0.4, -0.2) is 26.9 Å². The zero-order chi connectivity index (χ0) is 17.8. The molecular weight excluding hydrogens is 358 g/mol. The van der Waals surface area contributed by atoms with E-state index in [9.17, 15) is 4.79 Å². The Morgan fingerprint density at radius 3 is 2.84 bits per heavy atom. The molecule has 8 heteroatoms. The normalized spacial score (nSPS) is 12.3. The summed E-state index contributed by atoms with van der Waals surface area (Å²) < 4.78 is 0. The molecule has 25 heavy (non-hydrogen) atoms. The number of benzene rings is 1. The maximum Gasteiger partial charge on any atom is 0.248 e. The van der Waals surface area contributed by atoms with Crippen LogP contribution < -0.4 is 10.6 Å². The number of amides is 1. The second-order valence-corrected chi connectivity index (χ2v) is 7.37. The summed E-state index contributed by atoms with van der Waals surface area (Å²) in [5, 5.41) is 9.94. The van der Waals surface area contributed by atoms with Crippen molar-refractivity contribution in [2.45, 2.75) is 26.3 Å². The van der Waals surface area contributed by atoms with Gasteiger partial charge in [0.05, 0.1) is 5.52 Å². The number of fused-ring (bicyclic) bond motifs is 1. The van der Waals surface area contributed by atoms with Crippen LogP contribution >= 0.6 is 22.9 Å². The summed E-state index contributed by atoms with van der Waals surface area (Å²) in [5.41, 5.74) is 0.730. The highest BCUT2D eigenvalue weighted by molar-refractivity contribution is 7.13. The molecule has 3 rings (SSSR count). The summed E-state index contributed by atoms with van der Waals surface area (Å²) in [6, 6.07) is 4.98. The highest BCUT2D eigenvalue weighted by atomic mass is 35.5. The molecule has 2 heterocycles. The molecule has 0 aliphatic heterocycles. The maximum absolute atomic E-state index is 12.7. The quantitative estimate of drug-likeness (QED) is 0.674. The summed E-state index contributed by atoms with van der Waals surface area (Å²) in [7, 11) is 0. The Bertz CT molecular complexity index is 869. The number of hydrogen-bond acceptors (Lipinski definition) is 6. The first-order valence-electron chi connectivity index (χ1n) is 7.90. The minimum atomic E-state index is -0.433. The number of halogens is 1. The third kappa shape index (κ3) is 4.43. The average molecular weight is 376 g/mol. The Kier molecular flexibility index (Phi) is 5.45. The van der Waals surface area contributed by atoms with E-state index < -0.39 is 6.04 Å². The van der Waals surface area contributed by atoms with Crippen molar-refractivity contribution in [3.8, 4) is 0 Å². The Morgan fingerprint density at radius 2 is 2.12 bits per heavy atom. The SMILES string of the molecule is CC(C)CC(Nc1ncnc2cc(Cl)ccc12)C(=O)Nc1nccs1. The lowest BCUT2D eigenvalue weighted by atomic mass is 10.0. The van der Waals surface area contributed by atoms with Crippen LogP contribution in [0.2, 0.25) is 5.02 Å². The predicted octanol–water partition coefficient (Wildman–Crippen LogP) is 4.21. The van der Waals surface area contributed by atoms with Gasteiger partial charge in [0.25, 0.3) is 0 Å². The van der Waals surface area contributed by atoms with E-state index in [1.165, 1.54) is 17.7 Å². The lowest BCUT2D eigenvalue weighted by molar-refractivity contribution is -0.117. The van der Waals surface area contributed by atoms with Crippen molar-refractivity contribution in [1.82, 2.24) is 15.0 Å². The van der Waals surface area contributed by atoms with Crippen molar-refractivity contribution < 1.29 is 4.79 Å². The zero-order valence-corrected chi connectivity index (χ0v) is 15.4. The van der Waals surface area contributed by atoms with Crippen LogP contribution in [0.1, 0.15) is 20.3 Å². The van der Waals surface area contributed by atoms with Crippen molar-refractivity contribution in [3.63, 3.8) is 0 Å². The molecule has 0 saturated heterocycles. The van der Waals surface area contributed by atoms with Crippen LogP contribution in [0, 0.1) is 5.92 Å². The molecule has 0 spiro atoms. The third-order valence-electron chi connectivity index (χ3n) is 3.60. The number of rotatable bonds is 6. The fourth-order valence-electron chi connectivity index (χ4n) is 2.49. The van der Waals surface area contributed by atoms with Crippen molar-refractivity contribution in [3.05, 3.63) is 41.1 Å². The van der Waals surface area contributed by atoms with Gasteiger partial charge in [-0.25, -0.2) is 15.0 Å². The van der Waals surface area contributed by atoms with Gasteiger partial charge >= 0.3 is 0 Å². The van der Waals surface area contributed by atoms with E-state index in [2.05, 4.69) is 39.4 Å². The van der Waals surface area contributed by atoms with Gasteiger partial charge in [0.1, 0.15) is 18.2 Å². The second-order valence-electron chi connectivity index (χ2n) is 6.04. The number of carbonyl (C=O) groups excluding carboxylic acids is 1. The number of nitrogens with one attached hydrogen (secondary N) is 2. The summed E-state index contributed by atoms with van der Waals surface area (Å²) in [6.45, 7) is 4.15. The van der Waals surface area contributed by atoms with Gasteiger partial charge in [0, 0.05) is 22.0 Å². The largest absolute Gasteiger partial charge is 0.358 e. The molecule has 0 bridgehead atoms. The van der Waals surface area contributed by atoms with Gasteiger partial charge in [-0.1, -0.05) is 25.4 Å². The van der Waals surface area contributed by atoms with Crippen LogP contribution in [0.5, 0.6) is 0 Å². The lowest BCUT2D eigenvalue weighted by Gasteiger charge is -2.20. The topological polar surface area (TPSA) is 79.8 Å². The second kappa shape index (κ2) is 7.76. The molecule has 130 valence electrons. The van der Waals surface area contributed by atoms with Crippen LogP contribution in [-0.2, 0) is 4.79 Å². The van der Waals surface area contributed by atoms with E-state index in [-0.39, 0.29) is 5.91 Å². The Labute approximate surface area is 154 Å². The van der Waals surface area contributed by atoms with Crippen molar-refractivity contribution in [2.75, 3.05) is 10.6 Å². The van der Waals surface area contributed by atoms with Crippen LogP contribution in [0.3, 0.4) is 0 Å². The van der Waals surface area contributed by atoms with Crippen LogP contribution in [0.4, 0.5) is 10.9 Å². The van der Waals surface area contributed by atoms with Crippen molar-refractivity contribution >= 4 is 50.7 Å². The summed E-state index contributed by atoms with van der Waals surface area (Å²) in [6.07, 6.45) is 3.79. The zero-order valence-electron chi connectivity index (χ0n) is 13.9. The summed E-state index contributed by atoms with van der Waals surface area (Å²) >= 11 is 7.41. The summed E-state index contributed by atoms with van der Waals surface area (Å²) in [4.78, 5) is 25.3. The van der Waals surface area contributed by atoms with Gasteiger partial charge in [-0.2, -0.15) is 0 Å². The number of carbonyl (C=O) groups is 1. The van der Waals surface area contributed by atoms with E-state index in [0.717, 1.165) is 10.9 Å². The van der Waals surface area contributed by atoms with E-state index in [4.69, 9.17) is 11.6 Å². The number of hydrogen-bond donors (Lipinski definition) is 2. The number of aromatic nitrogens is 3. The molecule has 1 amide bonds. The van der Waals surface area contributed by atoms with Gasteiger partial charge in [-0.15, -0.1) is 11.3 Å². The number of anilines is 2. The fraction of sp³-hybridized carbons (Fsp3) is 0.294. The Balaban J connectivity index is 1.86. The molecule has 0 saturated carbocycles. The first-order valence-corrected chi connectivity index (χ1v) is 9.16. The van der Waals surface area contributed by atoms with Crippen LogP contribution in [0.15, 0.2) is 36.1 Å². The van der Waals surface area contributed by atoms with E-state index >= 15 is 0 Å². The highest BCUT2D eigenvalue weighted by Crippen LogP contribution is 2.24. The average Bonchev–Trinajstić information content (AvgIpc) is 3.06. The molecular formula is C17H18ClN5OS. The van der Waals surface area contributed by atoms with E-state index in [1.54, 1.807) is 18.3 Å². The fourth-order valence-corrected chi connectivity index (χ4v) is 3.19. The van der Waals surface area contributed by atoms with Gasteiger partial charge in [0.2, 0.25) is 5.91 Å². The monoisotopic (exact) mass is 375 g/mol. The molecule has 0 aliphatic rings. The van der Waals surface area contributed by atoms with Crippen molar-refractivity contribution in [1.29, 1.82) is 0 Å². The minimum Gasteiger partial charge on any atom is -0.358 e. The third-order valence-corrected chi connectivity index (χ3v) is 4.52. The minimum absolute atomic E-state index is 0.135. The Morgan fingerprint density at radius 1 is 1.28 bits per heavy atom. The molecule has 0 fully saturated rings. The Hall–Kier alpha value is -2.25. The van der Waals surface area contributed by atoms with Gasteiger partial charge in [-0.3, -0.25) is 4.79 Å². The van der Waals surface area contributed by atoms with Gasteiger partial charge < -0.3 is 10.6 Å². The smallest absolute Gasteiger partial charge is 0.248 e. The van der Waals surface area contributed by atoms with E-state index in [0.29, 0.717) is 28.3 Å². The van der Waals surface area contributed by atoms with Gasteiger partial charge in [-0.05, 0) is 30.5 Å². The van der Waals surface area contributed by atoms with E-state index in [1.807, 2.05) is 11.4 Å².